The third-order valence-electron chi connectivity index (χ3n) is 2.46. The maximum absolute atomic E-state index is 10.5. The minimum absolute atomic E-state index is 0.748. The van der Waals surface area contributed by atoms with Crippen molar-refractivity contribution < 1.29 is 14.6 Å². The van der Waals surface area contributed by atoms with E-state index >= 15 is 0 Å². The molecule has 0 saturated carbocycles. The molecular formula is C12H19NO3. The molecule has 0 unspecified atom stereocenters. The second kappa shape index (κ2) is 7.06. The maximum Gasteiger partial charge on any atom is 0.328 e. The number of methoxy groups -OCH3 is 1. The van der Waals surface area contributed by atoms with Crippen LogP contribution in [0.1, 0.15) is 25.7 Å². The summed E-state index contributed by atoms with van der Waals surface area (Å²) in [6.45, 7) is 1.62. The molecule has 4 nitrogen and oxygen atoms in total. The Morgan fingerprint density at radius 2 is 2.44 bits per heavy atom. The van der Waals surface area contributed by atoms with Crippen LogP contribution in [-0.4, -0.2) is 31.3 Å². The lowest BCUT2D eigenvalue weighted by Crippen LogP contribution is -2.18. The summed E-state index contributed by atoms with van der Waals surface area (Å²) < 4.78 is 4.96. The summed E-state index contributed by atoms with van der Waals surface area (Å²) in [5, 5.41) is 12.0. The van der Waals surface area contributed by atoms with Gasteiger partial charge in [0, 0.05) is 32.0 Å². The SMILES string of the molecule is COCCCNC1=C/C(=C/C(=O)O)CCC1. The number of hydrogen-bond donors (Lipinski definition) is 2. The van der Waals surface area contributed by atoms with E-state index in [4.69, 9.17) is 9.84 Å². The third kappa shape index (κ3) is 4.98. The van der Waals surface area contributed by atoms with E-state index in [2.05, 4.69) is 5.32 Å². The first-order valence-electron chi connectivity index (χ1n) is 5.59. The second-order valence-electron chi connectivity index (χ2n) is 3.85. The van der Waals surface area contributed by atoms with Crippen LogP contribution in [0.25, 0.3) is 0 Å². The number of carbonyl (C=O) groups is 1. The highest BCUT2D eigenvalue weighted by molar-refractivity contribution is 5.81. The first kappa shape index (κ1) is 12.8. The largest absolute Gasteiger partial charge is 0.478 e. The summed E-state index contributed by atoms with van der Waals surface area (Å²) in [5.74, 6) is -0.869. The topological polar surface area (TPSA) is 58.6 Å². The predicted molar refractivity (Wildman–Crippen MR) is 62.1 cm³/mol. The molecule has 0 amide bonds. The summed E-state index contributed by atoms with van der Waals surface area (Å²) in [5.41, 5.74) is 2.03. The number of hydrogen-bond acceptors (Lipinski definition) is 3. The Kier molecular flexibility index (Phi) is 5.64. The van der Waals surface area contributed by atoms with Crippen LogP contribution in [-0.2, 0) is 9.53 Å². The van der Waals surface area contributed by atoms with Crippen LogP contribution < -0.4 is 5.32 Å². The van der Waals surface area contributed by atoms with Crippen LogP contribution in [0.3, 0.4) is 0 Å². The Balaban J connectivity index is 2.40. The maximum atomic E-state index is 10.5. The summed E-state index contributed by atoms with van der Waals surface area (Å²) in [4.78, 5) is 10.5. The monoisotopic (exact) mass is 225 g/mol. The fraction of sp³-hybridized carbons (Fsp3) is 0.583. The van der Waals surface area contributed by atoms with Crippen LogP contribution in [0.15, 0.2) is 23.4 Å². The molecule has 0 heterocycles. The molecule has 1 aliphatic carbocycles. The van der Waals surface area contributed by atoms with Crippen molar-refractivity contribution in [2.45, 2.75) is 25.7 Å². The van der Waals surface area contributed by atoms with Crippen LogP contribution in [0.5, 0.6) is 0 Å². The smallest absolute Gasteiger partial charge is 0.328 e. The normalized spacial score (nSPS) is 18.3. The molecule has 4 heteroatoms. The van der Waals surface area contributed by atoms with Crippen molar-refractivity contribution in [1.82, 2.24) is 5.32 Å². The van der Waals surface area contributed by atoms with Crippen LogP contribution in [0, 0.1) is 0 Å². The zero-order chi connectivity index (χ0) is 11.8. The van der Waals surface area contributed by atoms with Crippen molar-refractivity contribution >= 4 is 5.97 Å². The van der Waals surface area contributed by atoms with Gasteiger partial charge < -0.3 is 15.2 Å². The standard InChI is InChI=1S/C12H19NO3/c1-16-7-3-6-13-11-5-2-4-10(8-11)9-12(14)15/h8-9,13H,2-7H2,1H3,(H,14,15)/b10-9+. The molecule has 0 aromatic carbocycles. The van der Waals surface area contributed by atoms with E-state index in [9.17, 15) is 4.79 Å². The Labute approximate surface area is 96.0 Å². The molecule has 0 saturated heterocycles. The number of allylic oxidation sites excluding steroid dienone is 3. The lowest BCUT2D eigenvalue weighted by atomic mass is 9.99. The number of carboxylic acid groups (broad SMARTS) is 1. The second-order valence-corrected chi connectivity index (χ2v) is 3.85. The Hall–Kier alpha value is -1.29. The lowest BCUT2D eigenvalue weighted by Gasteiger charge is -2.16. The van der Waals surface area contributed by atoms with Gasteiger partial charge in [0.2, 0.25) is 0 Å². The molecule has 0 aliphatic heterocycles. The number of ether oxygens (including phenoxy) is 1. The molecule has 0 radical (unpaired) electrons. The predicted octanol–water partition coefficient (Wildman–Crippen LogP) is 1.69. The first-order valence-corrected chi connectivity index (χ1v) is 5.59. The van der Waals surface area contributed by atoms with E-state index in [-0.39, 0.29) is 0 Å². The molecule has 90 valence electrons. The van der Waals surface area contributed by atoms with E-state index in [0.717, 1.165) is 50.1 Å². The molecule has 1 rings (SSSR count). The van der Waals surface area contributed by atoms with Gasteiger partial charge in [-0.2, -0.15) is 0 Å². The van der Waals surface area contributed by atoms with Crippen molar-refractivity contribution in [3.8, 4) is 0 Å². The molecule has 0 fully saturated rings. The van der Waals surface area contributed by atoms with Gasteiger partial charge in [0.25, 0.3) is 0 Å². The van der Waals surface area contributed by atoms with Gasteiger partial charge in [-0.1, -0.05) is 0 Å². The zero-order valence-electron chi connectivity index (χ0n) is 9.66. The van der Waals surface area contributed by atoms with Gasteiger partial charge in [-0.15, -0.1) is 0 Å². The van der Waals surface area contributed by atoms with E-state index in [1.165, 1.54) is 6.08 Å². The fourth-order valence-corrected chi connectivity index (χ4v) is 1.73. The number of nitrogens with one attached hydrogen (secondary N) is 1. The molecule has 0 aromatic rings. The highest BCUT2D eigenvalue weighted by Crippen LogP contribution is 2.20. The van der Waals surface area contributed by atoms with Gasteiger partial charge in [-0.25, -0.2) is 4.79 Å². The number of rotatable bonds is 6. The quantitative estimate of drug-likeness (QED) is 0.533. The number of aliphatic carboxylic acids is 1. The summed E-state index contributed by atoms with van der Waals surface area (Å²) in [6, 6.07) is 0. The minimum Gasteiger partial charge on any atom is -0.478 e. The van der Waals surface area contributed by atoms with Gasteiger partial charge in [-0.05, 0) is 37.3 Å². The van der Waals surface area contributed by atoms with E-state index in [1.54, 1.807) is 7.11 Å². The van der Waals surface area contributed by atoms with Crippen molar-refractivity contribution in [3.63, 3.8) is 0 Å². The molecule has 2 N–H and O–H groups in total. The molecule has 0 aromatic heterocycles. The van der Waals surface area contributed by atoms with Gasteiger partial charge in [-0.3, -0.25) is 0 Å². The lowest BCUT2D eigenvalue weighted by molar-refractivity contribution is -0.131. The molecule has 0 atom stereocenters. The van der Waals surface area contributed by atoms with Crippen LogP contribution in [0.4, 0.5) is 0 Å². The van der Waals surface area contributed by atoms with Crippen LogP contribution >= 0.6 is 0 Å². The van der Waals surface area contributed by atoms with Gasteiger partial charge >= 0.3 is 5.97 Å². The molecular weight excluding hydrogens is 206 g/mol. The van der Waals surface area contributed by atoms with Crippen LogP contribution in [0.2, 0.25) is 0 Å². The molecule has 1 aliphatic rings. The van der Waals surface area contributed by atoms with Crippen molar-refractivity contribution in [1.29, 1.82) is 0 Å². The van der Waals surface area contributed by atoms with E-state index in [1.807, 2.05) is 6.08 Å². The third-order valence-corrected chi connectivity index (χ3v) is 2.46. The highest BCUT2D eigenvalue weighted by atomic mass is 16.5. The summed E-state index contributed by atoms with van der Waals surface area (Å²) >= 11 is 0. The van der Waals surface area contributed by atoms with Crippen molar-refractivity contribution in [2.75, 3.05) is 20.3 Å². The average molecular weight is 225 g/mol. The zero-order valence-corrected chi connectivity index (χ0v) is 9.66. The Morgan fingerprint density at radius 3 is 3.12 bits per heavy atom. The van der Waals surface area contributed by atoms with Gasteiger partial charge in [0.1, 0.15) is 0 Å². The van der Waals surface area contributed by atoms with Gasteiger partial charge in [0.05, 0.1) is 0 Å². The molecule has 16 heavy (non-hydrogen) atoms. The van der Waals surface area contributed by atoms with Gasteiger partial charge in [0.15, 0.2) is 0 Å². The summed E-state index contributed by atoms with van der Waals surface area (Å²) in [7, 11) is 1.69. The molecule has 0 spiro atoms. The highest BCUT2D eigenvalue weighted by Gasteiger charge is 2.07. The minimum atomic E-state index is -0.869. The van der Waals surface area contributed by atoms with Crippen molar-refractivity contribution in [3.05, 3.63) is 23.4 Å². The summed E-state index contributed by atoms with van der Waals surface area (Å²) in [6.07, 6.45) is 7.08. The van der Waals surface area contributed by atoms with Crippen molar-refractivity contribution in [2.24, 2.45) is 0 Å². The Bertz CT molecular complexity index is 295. The fourth-order valence-electron chi connectivity index (χ4n) is 1.73. The van der Waals surface area contributed by atoms with E-state index < -0.39 is 5.97 Å². The molecule has 0 bridgehead atoms. The first-order chi connectivity index (χ1) is 7.72. The van der Waals surface area contributed by atoms with E-state index in [0.29, 0.717) is 0 Å². The average Bonchev–Trinajstić information content (AvgIpc) is 2.24. The Morgan fingerprint density at radius 1 is 1.62 bits per heavy atom. The number of carboxylic acids is 1.